The summed E-state index contributed by atoms with van der Waals surface area (Å²) < 4.78 is 1.25. The van der Waals surface area contributed by atoms with Crippen molar-refractivity contribution < 1.29 is 0 Å². The molecule has 0 spiro atoms. The van der Waals surface area contributed by atoms with Gasteiger partial charge in [-0.2, -0.15) is 0 Å². The number of thiophene rings is 1. The number of nitrogens with one attached hydrogen (secondary N) is 1. The average molecular weight is 331 g/mol. The number of halogens is 1. The van der Waals surface area contributed by atoms with Crippen molar-refractivity contribution in [2.75, 3.05) is 32.7 Å². The molecular formula is C14H23BrN2S. The smallest absolute Gasteiger partial charge is 0.0701 e. The van der Waals surface area contributed by atoms with E-state index >= 15 is 0 Å². The molecule has 2 rings (SSSR count). The molecule has 0 aromatic carbocycles. The van der Waals surface area contributed by atoms with Gasteiger partial charge in [-0.25, -0.2) is 0 Å². The quantitative estimate of drug-likeness (QED) is 0.771. The maximum Gasteiger partial charge on any atom is 0.0701 e. The highest BCUT2D eigenvalue weighted by Crippen LogP contribution is 2.23. The summed E-state index contributed by atoms with van der Waals surface area (Å²) in [5.74, 6) is 0.867. The molecule has 18 heavy (non-hydrogen) atoms. The molecule has 1 aromatic rings. The van der Waals surface area contributed by atoms with Crippen LogP contribution < -0.4 is 5.32 Å². The molecule has 102 valence electrons. The Bertz CT molecular complexity index is 353. The van der Waals surface area contributed by atoms with Gasteiger partial charge in [-0.1, -0.05) is 6.92 Å². The van der Waals surface area contributed by atoms with Crippen LogP contribution in [0.5, 0.6) is 0 Å². The molecule has 0 bridgehead atoms. The Hall–Kier alpha value is 0.1000. The van der Waals surface area contributed by atoms with Crippen LogP contribution in [0.15, 0.2) is 15.9 Å². The number of hydrogen-bond donors (Lipinski definition) is 1. The molecule has 1 aliphatic heterocycles. The van der Waals surface area contributed by atoms with Gasteiger partial charge in [-0.3, -0.25) is 0 Å². The SMILES string of the molecule is CCCNCC1CCN(CCc2ccc(Br)s2)C1. The van der Waals surface area contributed by atoms with Gasteiger partial charge in [0, 0.05) is 18.0 Å². The van der Waals surface area contributed by atoms with Crippen molar-refractivity contribution in [3.8, 4) is 0 Å². The van der Waals surface area contributed by atoms with E-state index in [1.165, 1.54) is 60.6 Å². The zero-order valence-electron chi connectivity index (χ0n) is 11.1. The Balaban J connectivity index is 1.63. The first-order valence-corrected chi connectivity index (χ1v) is 8.56. The molecule has 1 unspecified atom stereocenters. The van der Waals surface area contributed by atoms with Crippen LogP contribution in [-0.4, -0.2) is 37.6 Å². The van der Waals surface area contributed by atoms with Crippen molar-refractivity contribution in [3.63, 3.8) is 0 Å². The Labute approximate surface area is 123 Å². The van der Waals surface area contributed by atoms with Crippen molar-refractivity contribution in [2.45, 2.75) is 26.2 Å². The number of hydrogen-bond acceptors (Lipinski definition) is 3. The van der Waals surface area contributed by atoms with E-state index in [1.807, 2.05) is 11.3 Å². The predicted octanol–water partition coefficient (Wildman–Crippen LogP) is 3.37. The van der Waals surface area contributed by atoms with Gasteiger partial charge in [0.15, 0.2) is 0 Å². The molecule has 1 N–H and O–H groups in total. The maximum atomic E-state index is 3.54. The Kier molecular flexibility index (Phi) is 6.15. The lowest BCUT2D eigenvalue weighted by atomic mass is 10.1. The van der Waals surface area contributed by atoms with Crippen LogP contribution in [0, 0.1) is 5.92 Å². The van der Waals surface area contributed by atoms with Gasteiger partial charge in [-0.15, -0.1) is 11.3 Å². The van der Waals surface area contributed by atoms with Crippen LogP contribution in [0.2, 0.25) is 0 Å². The van der Waals surface area contributed by atoms with Gasteiger partial charge >= 0.3 is 0 Å². The van der Waals surface area contributed by atoms with Crippen LogP contribution in [0.25, 0.3) is 0 Å². The van der Waals surface area contributed by atoms with E-state index in [4.69, 9.17) is 0 Å². The fraction of sp³-hybridized carbons (Fsp3) is 0.714. The second kappa shape index (κ2) is 7.63. The number of likely N-dealkylation sites (tertiary alicyclic amines) is 1. The minimum atomic E-state index is 0.867. The summed E-state index contributed by atoms with van der Waals surface area (Å²) in [7, 11) is 0. The van der Waals surface area contributed by atoms with Crippen LogP contribution in [-0.2, 0) is 6.42 Å². The van der Waals surface area contributed by atoms with Crippen LogP contribution in [0.1, 0.15) is 24.6 Å². The van der Waals surface area contributed by atoms with Crippen molar-refractivity contribution in [3.05, 3.63) is 20.8 Å². The van der Waals surface area contributed by atoms with Crippen molar-refractivity contribution in [1.29, 1.82) is 0 Å². The molecule has 0 aliphatic carbocycles. The Morgan fingerprint density at radius 2 is 2.39 bits per heavy atom. The maximum absolute atomic E-state index is 3.54. The first-order valence-electron chi connectivity index (χ1n) is 6.95. The van der Waals surface area contributed by atoms with Crippen molar-refractivity contribution >= 4 is 27.3 Å². The summed E-state index contributed by atoms with van der Waals surface area (Å²) in [6.45, 7) is 8.38. The normalized spacial score (nSPS) is 20.7. The van der Waals surface area contributed by atoms with E-state index in [2.05, 4.69) is 45.2 Å². The van der Waals surface area contributed by atoms with Gasteiger partial charge in [0.25, 0.3) is 0 Å². The van der Waals surface area contributed by atoms with Gasteiger partial charge in [0.1, 0.15) is 0 Å². The average Bonchev–Trinajstić information content (AvgIpc) is 2.96. The van der Waals surface area contributed by atoms with E-state index in [1.54, 1.807) is 0 Å². The monoisotopic (exact) mass is 330 g/mol. The lowest BCUT2D eigenvalue weighted by Crippen LogP contribution is -2.28. The van der Waals surface area contributed by atoms with E-state index in [-0.39, 0.29) is 0 Å². The molecule has 4 heteroatoms. The molecule has 1 aliphatic rings. The summed E-state index contributed by atoms with van der Waals surface area (Å²) in [6, 6.07) is 4.40. The molecule has 1 saturated heterocycles. The molecule has 2 heterocycles. The number of nitrogens with zero attached hydrogens (tertiary/aromatic N) is 1. The first kappa shape index (κ1) is 14.5. The topological polar surface area (TPSA) is 15.3 Å². The minimum Gasteiger partial charge on any atom is -0.316 e. The van der Waals surface area contributed by atoms with Gasteiger partial charge in [0.2, 0.25) is 0 Å². The highest BCUT2D eigenvalue weighted by Gasteiger charge is 2.21. The Morgan fingerprint density at radius 1 is 1.50 bits per heavy atom. The highest BCUT2D eigenvalue weighted by molar-refractivity contribution is 9.11. The Morgan fingerprint density at radius 3 is 3.11 bits per heavy atom. The molecule has 0 amide bonds. The molecule has 1 aromatic heterocycles. The van der Waals surface area contributed by atoms with E-state index < -0.39 is 0 Å². The molecule has 0 radical (unpaired) electrons. The van der Waals surface area contributed by atoms with Gasteiger partial charge in [-0.05, 0) is 72.9 Å². The summed E-state index contributed by atoms with van der Waals surface area (Å²) in [5.41, 5.74) is 0. The fourth-order valence-corrected chi connectivity index (χ4v) is 3.99. The van der Waals surface area contributed by atoms with Crippen molar-refractivity contribution in [2.24, 2.45) is 5.92 Å². The summed E-state index contributed by atoms with van der Waals surface area (Å²) in [4.78, 5) is 4.11. The molecule has 1 atom stereocenters. The third kappa shape index (κ3) is 4.65. The number of rotatable bonds is 7. The minimum absolute atomic E-state index is 0.867. The molecular weight excluding hydrogens is 308 g/mol. The highest BCUT2D eigenvalue weighted by atomic mass is 79.9. The van der Waals surface area contributed by atoms with Crippen molar-refractivity contribution in [1.82, 2.24) is 10.2 Å². The summed E-state index contributed by atoms with van der Waals surface area (Å²) in [6.07, 6.45) is 3.81. The summed E-state index contributed by atoms with van der Waals surface area (Å²) in [5, 5.41) is 3.54. The van der Waals surface area contributed by atoms with Gasteiger partial charge < -0.3 is 10.2 Å². The third-order valence-corrected chi connectivity index (χ3v) is 5.22. The zero-order valence-corrected chi connectivity index (χ0v) is 13.5. The lowest BCUT2D eigenvalue weighted by Gasteiger charge is -2.15. The molecule has 2 nitrogen and oxygen atoms in total. The van der Waals surface area contributed by atoms with E-state index in [0.29, 0.717) is 0 Å². The first-order chi connectivity index (χ1) is 8.78. The van der Waals surface area contributed by atoms with E-state index in [0.717, 1.165) is 5.92 Å². The molecule has 1 fully saturated rings. The second-order valence-corrected chi connectivity index (χ2v) is 7.66. The zero-order chi connectivity index (χ0) is 12.8. The second-order valence-electron chi connectivity index (χ2n) is 5.12. The van der Waals surface area contributed by atoms with Crippen LogP contribution in [0.3, 0.4) is 0 Å². The predicted molar refractivity (Wildman–Crippen MR) is 83.4 cm³/mol. The standard InChI is InChI=1S/C14H23BrN2S/c1-2-7-16-10-12-5-8-17(11-12)9-6-13-3-4-14(15)18-13/h3-4,12,16H,2,5-11H2,1H3. The third-order valence-electron chi connectivity index (χ3n) is 3.53. The van der Waals surface area contributed by atoms with Crippen LogP contribution >= 0.6 is 27.3 Å². The van der Waals surface area contributed by atoms with Gasteiger partial charge in [0.05, 0.1) is 3.79 Å². The largest absolute Gasteiger partial charge is 0.316 e. The van der Waals surface area contributed by atoms with E-state index in [9.17, 15) is 0 Å². The summed E-state index contributed by atoms with van der Waals surface area (Å²) >= 11 is 5.39. The van der Waals surface area contributed by atoms with Crippen LogP contribution in [0.4, 0.5) is 0 Å². The molecule has 0 saturated carbocycles. The lowest BCUT2D eigenvalue weighted by molar-refractivity contribution is 0.326. The fourth-order valence-electron chi connectivity index (χ4n) is 2.52.